The van der Waals surface area contributed by atoms with Crippen molar-refractivity contribution in [2.24, 2.45) is 7.05 Å². The van der Waals surface area contributed by atoms with Gasteiger partial charge in [0.05, 0.1) is 5.82 Å². The van der Waals surface area contributed by atoms with Gasteiger partial charge in [-0.25, -0.2) is 0 Å². The molecule has 0 spiro atoms. The third kappa shape index (κ3) is 4.70. The second kappa shape index (κ2) is 9.36. The summed E-state index contributed by atoms with van der Waals surface area (Å²) in [4.78, 5) is 4.51. The molecule has 0 bridgehead atoms. The van der Waals surface area contributed by atoms with Crippen molar-refractivity contribution in [2.45, 2.75) is 59.3 Å². The normalized spacial score (nSPS) is 11.4. The van der Waals surface area contributed by atoms with Crippen molar-refractivity contribution < 1.29 is 24.5 Å². The summed E-state index contributed by atoms with van der Waals surface area (Å²) in [6, 6.07) is 10.8. The molecule has 2 nitrogen and oxygen atoms in total. The zero-order valence-electron chi connectivity index (χ0n) is 18.3. The fraction of sp³-hybridized carbons (Fsp3) is 0.400. The molecule has 0 aliphatic carbocycles. The van der Waals surface area contributed by atoms with Gasteiger partial charge < -0.3 is 4.57 Å². The molecule has 157 valence electrons. The molecule has 0 fully saturated rings. The number of rotatable bonds is 5. The molecule has 4 heteroatoms. The van der Waals surface area contributed by atoms with E-state index in [0.29, 0.717) is 17.8 Å². The Hall–Kier alpha value is -1.77. The van der Waals surface area contributed by atoms with Crippen LogP contribution < -0.4 is 0 Å². The number of hydrogen-bond acceptors (Lipinski definition) is 1. The Bertz CT molecular complexity index is 957. The molecule has 3 rings (SSSR count). The van der Waals surface area contributed by atoms with Gasteiger partial charge in [-0.2, -0.15) is 0 Å². The summed E-state index contributed by atoms with van der Waals surface area (Å²) in [6.07, 6.45) is 3.68. The van der Waals surface area contributed by atoms with Crippen molar-refractivity contribution in [3.05, 3.63) is 65.2 Å². The summed E-state index contributed by atoms with van der Waals surface area (Å²) < 4.78 is 16.3. The molecule has 0 N–H and O–H groups in total. The molecule has 1 heterocycles. The molecular weight excluding hydrogens is 540 g/mol. The largest absolute Gasteiger partial charge is 0.373 e. The number of nitrogens with zero attached hydrogens (tertiary/aromatic N) is 2. The maximum absolute atomic E-state index is 14.4. The van der Waals surface area contributed by atoms with E-state index in [1.165, 1.54) is 22.8 Å². The van der Waals surface area contributed by atoms with E-state index in [1.807, 2.05) is 17.8 Å². The van der Waals surface area contributed by atoms with Crippen LogP contribution in [0.5, 0.6) is 0 Å². The van der Waals surface area contributed by atoms with Crippen molar-refractivity contribution >= 4 is 0 Å². The summed E-state index contributed by atoms with van der Waals surface area (Å²) in [5, 5.41) is 0. The van der Waals surface area contributed by atoms with E-state index in [1.54, 1.807) is 12.3 Å². The maximum atomic E-state index is 14.4. The topological polar surface area (TPSA) is 17.8 Å². The Kier molecular flexibility index (Phi) is 7.59. The Morgan fingerprint density at radius 3 is 1.97 bits per heavy atom. The molecule has 3 aromatic rings. The molecule has 29 heavy (non-hydrogen) atoms. The minimum Gasteiger partial charge on any atom is -0.373 e. The average molecular weight is 570 g/mol. The molecule has 0 saturated heterocycles. The molecule has 2 aromatic carbocycles. The van der Waals surface area contributed by atoms with Crippen LogP contribution in [0, 0.1) is 11.9 Å². The van der Waals surface area contributed by atoms with Crippen molar-refractivity contribution in [2.75, 3.05) is 0 Å². The molecule has 0 aliphatic rings. The van der Waals surface area contributed by atoms with E-state index >= 15 is 0 Å². The number of hydrogen-bond donors (Lipinski definition) is 0. The van der Waals surface area contributed by atoms with Crippen LogP contribution in [-0.2, 0) is 27.2 Å². The monoisotopic (exact) mass is 570 g/mol. The van der Waals surface area contributed by atoms with Crippen LogP contribution in [0.4, 0.5) is 4.39 Å². The van der Waals surface area contributed by atoms with Crippen LogP contribution >= 0.6 is 0 Å². The third-order valence-electron chi connectivity index (χ3n) is 5.35. The second-order valence-corrected chi connectivity index (χ2v) is 8.51. The van der Waals surface area contributed by atoms with E-state index < -0.39 is 0 Å². The first-order valence-corrected chi connectivity index (χ1v) is 10.1. The smallest absolute Gasteiger partial charge is 0.0561 e. The van der Waals surface area contributed by atoms with Gasteiger partial charge in [0.1, 0.15) is 0 Å². The van der Waals surface area contributed by atoms with Crippen LogP contribution in [0.25, 0.3) is 22.5 Å². The molecule has 0 atom stereocenters. The molecule has 1 aromatic heterocycles. The third-order valence-corrected chi connectivity index (χ3v) is 5.35. The molecule has 0 amide bonds. The summed E-state index contributed by atoms with van der Waals surface area (Å²) in [7, 11) is 1.96. The first kappa shape index (κ1) is 23.5. The number of halogens is 1. The van der Waals surface area contributed by atoms with Crippen molar-refractivity contribution in [1.29, 1.82) is 0 Å². The SMILES string of the molecule is CC(C)c1cc(C(C)C)c(-c2cc(F)c[c-]c2-c2nccn2C)c(C(C)C)c1.[Ir]. The minimum atomic E-state index is -0.273. The van der Waals surface area contributed by atoms with Crippen LogP contribution in [0.1, 0.15) is 76.0 Å². The van der Waals surface area contributed by atoms with Gasteiger partial charge in [-0.15, -0.1) is 23.8 Å². The maximum Gasteiger partial charge on any atom is 0.0561 e. The molecular formula is C25H30FIrN2-. The molecule has 1 radical (unpaired) electrons. The van der Waals surface area contributed by atoms with Gasteiger partial charge in [-0.05, 0) is 34.4 Å². The zero-order valence-corrected chi connectivity index (χ0v) is 20.7. The number of aromatic nitrogens is 2. The second-order valence-electron chi connectivity index (χ2n) is 8.51. The quantitative estimate of drug-likeness (QED) is 0.301. The Morgan fingerprint density at radius 1 is 0.931 bits per heavy atom. The first-order valence-electron chi connectivity index (χ1n) is 10.1. The Morgan fingerprint density at radius 2 is 1.52 bits per heavy atom. The fourth-order valence-corrected chi connectivity index (χ4v) is 3.73. The first-order chi connectivity index (χ1) is 13.2. The van der Waals surface area contributed by atoms with Crippen LogP contribution in [0.2, 0.25) is 0 Å². The van der Waals surface area contributed by atoms with Crippen molar-refractivity contribution in [1.82, 2.24) is 9.55 Å². The Balaban J connectivity index is 0.00000300. The number of aryl methyl sites for hydroxylation is 1. The van der Waals surface area contributed by atoms with E-state index in [4.69, 9.17) is 0 Å². The summed E-state index contributed by atoms with van der Waals surface area (Å²) in [5.41, 5.74) is 6.68. The fourth-order valence-electron chi connectivity index (χ4n) is 3.73. The number of imidazole rings is 1. The molecule has 0 aliphatic heterocycles. The van der Waals surface area contributed by atoms with Gasteiger partial charge in [0.15, 0.2) is 0 Å². The van der Waals surface area contributed by atoms with Crippen LogP contribution in [-0.4, -0.2) is 9.55 Å². The van der Waals surface area contributed by atoms with E-state index in [9.17, 15) is 4.39 Å². The van der Waals surface area contributed by atoms with Gasteiger partial charge in [-0.3, -0.25) is 9.37 Å². The average Bonchev–Trinajstić information content (AvgIpc) is 3.06. The zero-order chi connectivity index (χ0) is 20.6. The van der Waals surface area contributed by atoms with Crippen molar-refractivity contribution in [3.63, 3.8) is 0 Å². The summed E-state index contributed by atoms with van der Waals surface area (Å²) >= 11 is 0. The predicted molar refractivity (Wildman–Crippen MR) is 115 cm³/mol. The summed E-state index contributed by atoms with van der Waals surface area (Å²) in [6.45, 7) is 13.3. The summed E-state index contributed by atoms with van der Waals surface area (Å²) in [5.74, 6) is 1.61. The Labute approximate surface area is 187 Å². The van der Waals surface area contributed by atoms with E-state index in [0.717, 1.165) is 22.5 Å². The van der Waals surface area contributed by atoms with Gasteiger partial charge in [0.2, 0.25) is 0 Å². The van der Waals surface area contributed by atoms with Gasteiger partial charge in [0, 0.05) is 45.4 Å². The van der Waals surface area contributed by atoms with E-state index in [2.05, 4.69) is 64.7 Å². The van der Waals surface area contributed by atoms with Gasteiger partial charge >= 0.3 is 0 Å². The standard InChI is InChI=1S/C25H30FN2.Ir/c1-15(2)18-12-21(16(3)4)24(22(13-18)17(5)6)23-14-19(26)8-9-20(23)25-27-10-11-28(25)7;/h8,10-17H,1-7H3;/q-1;. The van der Waals surface area contributed by atoms with Crippen LogP contribution in [0.15, 0.2) is 36.7 Å². The van der Waals surface area contributed by atoms with Crippen molar-refractivity contribution in [3.8, 4) is 22.5 Å². The van der Waals surface area contributed by atoms with Crippen LogP contribution in [0.3, 0.4) is 0 Å². The van der Waals surface area contributed by atoms with E-state index in [-0.39, 0.29) is 25.9 Å². The van der Waals surface area contributed by atoms with Gasteiger partial charge in [0.25, 0.3) is 0 Å². The predicted octanol–water partition coefficient (Wildman–Crippen LogP) is 7.06. The molecule has 0 saturated carbocycles. The minimum absolute atomic E-state index is 0. The number of benzene rings is 2. The van der Waals surface area contributed by atoms with Gasteiger partial charge in [-0.1, -0.05) is 64.8 Å². The molecule has 0 unspecified atom stereocenters.